The van der Waals surface area contributed by atoms with Crippen molar-refractivity contribution in [2.45, 2.75) is 12.1 Å². The van der Waals surface area contributed by atoms with Gasteiger partial charge in [-0.2, -0.15) is 0 Å². The molecule has 24 heavy (non-hydrogen) atoms. The lowest BCUT2D eigenvalue weighted by Crippen LogP contribution is -2.14. The summed E-state index contributed by atoms with van der Waals surface area (Å²) in [6.07, 6.45) is 1.62. The molecule has 5 nitrogen and oxygen atoms in total. The van der Waals surface area contributed by atoms with E-state index in [0.29, 0.717) is 16.0 Å². The van der Waals surface area contributed by atoms with Crippen LogP contribution < -0.4 is 5.32 Å². The van der Waals surface area contributed by atoms with Gasteiger partial charge in [0.1, 0.15) is 5.82 Å². The number of amides is 1. The number of carbonyl (C=O) groups excluding carboxylic acids is 1. The van der Waals surface area contributed by atoms with Crippen LogP contribution in [0.2, 0.25) is 0 Å². The molecule has 2 heterocycles. The predicted molar refractivity (Wildman–Crippen MR) is 93.6 cm³/mol. The lowest BCUT2D eigenvalue weighted by molar-refractivity contribution is -0.113. The molecule has 8 heteroatoms. The van der Waals surface area contributed by atoms with Crippen LogP contribution in [0, 0.1) is 12.7 Å². The highest BCUT2D eigenvalue weighted by molar-refractivity contribution is 7.99. The number of benzene rings is 1. The topological polar surface area (TPSA) is 67.8 Å². The zero-order chi connectivity index (χ0) is 16.9. The Balaban J connectivity index is 1.62. The maximum absolute atomic E-state index is 13.0. The van der Waals surface area contributed by atoms with Gasteiger partial charge in [0.2, 0.25) is 5.91 Å². The minimum atomic E-state index is -0.295. The molecular weight excluding hydrogens is 347 g/mol. The van der Waals surface area contributed by atoms with Gasteiger partial charge in [-0.3, -0.25) is 4.79 Å². The van der Waals surface area contributed by atoms with Crippen molar-refractivity contribution in [1.29, 1.82) is 0 Å². The van der Waals surface area contributed by atoms with E-state index >= 15 is 0 Å². The molecule has 1 aromatic carbocycles. The number of aryl methyl sites for hydroxylation is 1. The molecule has 0 fully saturated rings. The van der Waals surface area contributed by atoms with Crippen LogP contribution in [0.5, 0.6) is 0 Å². The van der Waals surface area contributed by atoms with E-state index < -0.39 is 0 Å². The Hall–Kier alpha value is -2.32. The molecule has 1 N–H and O–H groups in total. The van der Waals surface area contributed by atoms with E-state index in [1.807, 2.05) is 12.3 Å². The van der Waals surface area contributed by atoms with Gasteiger partial charge in [0, 0.05) is 17.1 Å². The predicted octanol–water partition coefficient (Wildman–Crippen LogP) is 3.78. The van der Waals surface area contributed by atoms with Crippen LogP contribution >= 0.6 is 23.1 Å². The number of nitrogens with zero attached hydrogens (tertiary/aromatic N) is 3. The van der Waals surface area contributed by atoms with Gasteiger partial charge >= 0.3 is 0 Å². The number of thioether (sulfide) groups is 1. The minimum absolute atomic E-state index is 0.162. The monoisotopic (exact) mass is 360 g/mol. The van der Waals surface area contributed by atoms with Gasteiger partial charge in [-0.25, -0.2) is 19.3 Å². The van der Waals surface area contributed by atoms with E-state index in [1.54, 1.807) is 24.4 Å². The highest BCUT2D eigenvalue weighted by atomic mass is 32.2. The highest BCUT2D eigenvalue weighted by Gasteiger charge is 2.09. The fourth-order valence-corrected chi connectivity index (χ4v) is 3.22. The third kappa shape index (κ3) is 4.36. The Kier molecular flexibility index (Phi) is 5.17. The summed E-state index contributed by atoms with van der Waals surface area (Å²) in [6.45, 7) is 1.87. The van der Waals surface area contributed by atoms with E-state index in [4.69, 9.17) is 0 Å². The van der Waals surface area contributed by atoms with Crippen molar-refractivity contribution in [3.8, 4) is 11.3 Å². The number of hydrogen-bond acceptors (Lipinski definition) is 6. The van der Waals surface area contributed by atoms with Crippen molar-refractivity contribution in [1.82, 2.24) is 15.0 Å². The number of anilines is 1. The average Bonchev–Trinajstić information content (AvgIpc) is 2.99. The molecule has 2 aromatic heterocycles. The third-order valence-electron chi connectivity index (χ3n) is 2.97. The number of thiazole rings is 1. The van der Waals surface area contributed by atoms with Crippen molar-refractivity contribution in [3.05, 3.63) is 53.4 Å². The molecule has 0 unspecified atom stereocenters. The Labute approximate surface area is 146 Å². The van der Waals surface area contributed by atoms with E-state index in [2.05, 4.69) is 20.3 Å². The smallest absolute Gasteiger partial charge is 0.236 e. The second-order valence-electron chi connectivity index (χ2n) is 4.86. The molecule has 3 aromatic rings. The number of aromatic nitrogens is 3. The van der Waals surface area contributed by atoms with Gasteiger partial charge in [-0.1, -0.05) is 11.8 Å². The molecule has 0 aliphatic heterocycles. The molecule has 0 aliphatic rings. The van der Waals surface area contributed by atoms with Gasteiger partial charge in [-0.05, 0) is 37.3 Å². The second kappa shape index (κ2) is 7.50. The highest BCUT2D eigenvalue weighted by Crippen LogP contribution is 2.21. The molecule has 0 aliphatic carbocycles. The summed E-state index contributed by atoms with van der Waals surface area (Å²) in [7, 11) is 0. The summed E-state index contributed by atoms with van der Waals surface area (Å²) in [6, 6.07) is 7.82. The molecule has 0 spiro atoms. The Morgan fingerprint density at radius 1 is 1.25 bits per heavy atom. The van der Waals surface area contributed by atoms with Gasteiger partial charge in [-0.15, -0.1) is 11.3 Å². The number of nitrogens with one attached hydrogen (secondary N) is 1. The molecule has 0 radical (unpaired) electrons. The first-order valence-corrected chi connectivity index (χ1v) is 8.90. The van der Waals surface area contributed by atoms with E-state index in [9.17, 15) is 9.18 Å². The zero-order valence-corrected chi connectivity index (χ0v) is 14.3. The van der Waals surface area contributed by atoms with Crippen molar-refractivity contribution < 1.29 is 9.18 Å². The summed E-state index contributed by atoms with van der Waals surface area (Å²) in [5.74, 6) is -0.271. The van der Waals surface area contributed by atoms with Crippen LogP contribution in [0.4, 0.5) is 9.52 Å². The molecule has 122 valence electrons. The van der Waals surface area contributed by atoms with Crippen molar-refractivity contribution in [2.24, 2.45) is 0 Å². The average molecular weight is 360 g/mol. The number of carbonyl (C=O) groups is 1. The summed E-state index contributed by atoms with van der Waals surface area (Å²) in [5, 5.41) is 5.68. The van der Waals surface area contributed by atoms with Crippen LogP contribution in [0.1, 0.15) is 5.69 Å². The van der Waals surface area contributed by atoms with Gasteiger partial charge in [0.05, 0.1) is 17.1 Å². The van der Waals surface area contributed by atoms with Crippen molar-refractivity contribution in [3.63, 3.8) is 0 Å². The van der Waals surface area contributed by atoms with Gasteiger partial charge < -0.3 is 5.32 Å². The molecular formula is C16H13FN4OS2. The fourth-order valence-electron chi connectivity index (χ4n) is 1.89. The van der Waals surface area contributed by atoms with Crippen LogP contribution in [-0.2, 0) is 4.79 Å². The minimum Gasteiger partial charge on any atom is -0.301 e. The fraction of sp³-hybridized carbons (Fsp3) is 0.125. The first kappa shape index (κ1) is 16.5. The van der Waals surface area contributed by atoms with Crippen LogP contribution in [0.15, 0.2) is 47.1 Å². The van der Waals surface area contributed by atoms with Crippen LogP contribution in [0.3, 0.4) is 0 Å². The third-order valence-corrected chi connectivity index (χ3v) is 4.71. The standard InChI is InChI=1S/C16H13FN4OS2/c1-10-8-23-16(19-10)21-14(22)9-24-15-18-7-6-13(20-15)11-2-4-12(17)5-3-11/h2-8H,9H2,1H3,(H,19,21,22). The SMILES string of the molecule is Cc1csc(NC(=O)CSc2nccc(-c3ccc(F)cc3)n2)n1. The lowest BCUT2D eigenvalue weighted by Gasteiger charge is -2.04. The van der Waals surface area contributed by atoms with Gasteiger partial charge in [0.15, 0.2) is 10.3 Å². The van der Waals surface area contributed by atoms with Crippen LogP contribution in [0.25, 0.3) is 11.3 Å². The second-order valence-corrected chi connectivity index (χ2v) is 6.66. The molecule has 0 saturated heterocycles. The molecule has 3 rings (SSSR count). The normalized spacial score (nSPS) is 10.6. The van der Waals surface area contributed by atoms with E-state index in [-0.39, 0.29) is 17.5 Å². The molecule has 0 saturated carbocycles. The van der Waals surface area contributed by atoms with Crippen LogP contribution in [-0.4, -0.2) is 26.6 Å². The Morgan fingerprint density at radius 3 is 2.75 bits per heavy atom. The number of rotatable bonds is 5. The summed E-state index contributed by atoms with van der Waals surface area (Å²) >= 11 is 2.62. The van der Waals surface area contributed by atoms with Gasteiger partial charge in [0.25, 0.3) is 0 Å². The Morgan fingerprint density at radius 2 is 2.04 bits per heavy atom. The summed E-state index contributed by atoms with van der Waals surface area (Å²) in [5.41, 5.74) is 2.35. The largest absolute Gasteiger partial charge is 0.301 e. The molecule has 0 atom stereocenters. The van der Waals surface area contributed by atoms with E-state index in [1.165, 1.54) is 35.2 Å². The van der Waals surface area contributed by atoms with Crippen molar-refractivity contribution in [2.75, 3.05) is 11.1 Å². The summed E-state index contributed by atoms with van der Waals surface area (Å²) in [4.78, 5) is 24.6. The quantitative estimate of drug-likeness (QED) is 0.554. The summed E-state index contributed by atoms with van der Waals surface area (Å²) < 4.78 is 13.0. The number of hydrogen-bond donors (Lipinski definition) is 1. The zero-order valence-electron chi connectivity index (χ0n) is 12.7. The first-order valence-electron chi connectivity index (χ1n) is 7.04. The number of halogens is 1. The lowest BCUT2D eigenvalue weighted by atomic mass is 10.1. The maximum Gasteiger partial charge on any atom is 0.236 e. The Bertz CT molecular complexity index is 851. The molecule has 1 amide bonds. The molecule has 0 bridgehead atoms. The first-order chi connectivity index (χ1) is 11.6. The van der Waals surface area contributed by atoms with E-state index in [0.717, 1.165) is 11.3 Å². The van der Waals surface area contributed by atoms with Crippen molar-refractivity contribution >= 4 is 34.1 Å². The maximum atomic E-state index is 13.0.